The van der Waals surface area contributed by atoms with Gasteiger partial charge in [-0.3, -0.25) is 15.1 Å². The Morgan fingerprint density at radius 1 is 1.10 bits per heavy atom. The monoisotopic (exact) mass is 552 g/mol. The van der Waals surface area contributed by atoms with E-state index in [4.69, 9.17) is 25.4 Å². The largest absolute Gasteiger partial charge is 0.489 e. The minimum Gasteiger partial charge on any atom is -0.489 e. The van der Waals surface area contributed by atoms with Crippen molar-refractivity contribution in [1.82, 2.24) is 0 Å². The van der Waals surface area contributed by atoms with Crippen LogP contribution in [0.15, 0.2) is 60.7 Å². The van der Waals surface area contributed by atoms with Gasteiger partial charge in [-0.2, -0.15) is 0 Å². The molecule has 0 radical (unpaired) electrons. The number of carbonyl (C=O) groups excluding carboxylic acids is 2. The van der Waals surface area contributed by atoms with Crippen LogP contribution in [0, 0.1) is 17.0 Å². The van der Waals surface area contributed by atoms with Gasteiger partial charge in [0.25, 0.3) is 0 Å². The van der Waals surface area contributed by atoms with Gasteiger partial charge in [-0.05, 0) is 67.9 Å². The number of hydrogen-bond donors (Lipinski definition) is 2. The van der Waals surface area contributed by atoms with Gasteiger partial charge in [-0.15, -0.1) is 0 Å². The summed E-state index contributed by atoms with van der Waals surface area (Å²) in [5.74, 6) is -2.73. The third-order valence-electron chi connectivity index (χ3n) is 6.26. The normalized spacial score (nSPS) is 16.0. The van der Waals surface area contributed by atoms with E-state index in [1.165, 1.54) is 0 Å². The van der Waals surface area contributed by atoms with E-state index in [9.17, 15) is 18.4 Å². The van der Waals surface area contributed by atoms with Crippen LogP contribution in [-0.2, 0) is 20.9 Å². The molecule has 1 heterocycles. The summed E-state index contributed by atoms with van der Waals surface area (Å²) < 4.78 is 45.0. The minimum atomic E-state index is -1.09. The van der Waals surface area contributed by atoms with E-state index < -0.39 is 29.1 Å². The summed E-state index contributed by atoms with van der Waals surface area (Å²) in [5.41, 5.74) is 6.46. The highest BCUT2D eigenvalue weighted by molar-refractivity contribution is 6.38. The minimum absolute atomic E-state index is 0.0130. The van der Waals surface area contributed by atoms with Crippen molar-refractivity contribution in [2.45, 2.75) is 26.0 Å². The highest BCUT2D eigenvalue weighted by Crippen LogP contribution is 2.39. The molecule has 0 saturated heterocycles. The van der Waals surface area contributed by atoms with Crippen LogP contribution < -0.4 is 25.0 Å². The number of hydrogen-bond acceptors (Lipinski definition) is 7. The molecule has 11 heteroatoms. The third-order valence-corrected chi connectivity index (χ3v) is 6.26. The molecule has 1 atom stereocenters. The van der Waals surface area contributed by atoms with Gasteiger partial charge in [0.05, 0.1) is 25.4 Å². The first-order valence-electron chi connectivity index (χ1n) is 12.5. The van der Waals surface area contributed by atoms with Crippen LogP contribution in [-0.4, -0.2) is 50.1 Å². The van der Waals surface area contributed by atoms with Gasteiger partial charge in [0, 0.05) is 30.4 Å². The number of nitrogens with one attached hydrogen (secondary N) is 1. The number of benzene rings is 3. The zero-order chi connectivity index (χ0) is 29.0. The fourth-order valence-corrected chi connectivity index (χ4v) is 4.46. The maximum atomic E-state index is 13.9. The molecule has 0 aromatic heterocycles. The molecule has 1 aliphatic rings. The van der Waals surface area contributed by atoms with Crippen LogP contribution in [0.1, 0.15) is 25.0 Å². The van der Waals surface area contributed by atoms with Crippen molar-refractivity contribution in [2.75, 3.05) is 36.6 Å². The number of amidine groups is 1. The molecular formula is C29H30F2N4O5. The summed E-state index contributed by atoms with van der Waals surface area (Å²) in [5, 5.41) is 7.52. The first kappa shape index (κ1) is 28.3. The van der Waals surface area contributed by atoms with Crippen LogP contribution in [0.25, 0.3) is 0 Å². The number of anilines is 2. The molecule has 3 aromatic carbocycles. The van der Waals surface area contributed by atoms with Crippen molar-refractivity contribution in [3.05, 3.63) is 83.4 Å². The molecule has 1 amide bonds. The van der Waals surface area contributed by atoms with E-state index in [0.29, 0.717) is 23.6 Å². The maximum absolute atomic E-state index is 13.9. The number of ether oxygens (including phenoxy) is 3. The number of nitrogens with two attached hydrogens (primary N) is 1. The number of likely N-dealkylation sites (N-methyl/N-ethyl adjacent to an activating group) is 1. The second-order valence-electron chi connectivity index (χ2n) is 9.68. The molecule has 0 spiro atoms. The lowest BCUT2D eigenvalue weighted by Gasteiger charge is -2.41. The lowest BCUT2D eigenvalue weighted by atomic mass is 10.0. The lowest BCUT2D eigenvalue weighted by Crippen LogP contribution is -2.51. The van der Waals surface area contributed by atoms with Crippen molar-refractivity contribution >= 4 is 29.1 Å². The lowest BCUT2D eigenvalue weighted by molar-refractivity contribution is -0.153. The van der Waals surface area contributed by atoms with Crippen LogP contribution in [0.4, 0.5) is 20.2 Å². The Morgan fingerprint density at radius 2 is 1.77 bits per heavy atom. The molecule has 4 rings (SSSR count). The predicted molar refractivity (Wildman–Crippen MR) is 146 cm³/mol. The summed E-state index contributed by atoms with van der Waals surface area (Å²) in [4.78, 5) is 28.5. The summed E-state index contributed by atoms with van der Waals surface area (Å²) >= 11 is 0. The Balaban J connectivity index is 1.60. The van der Waals surface area contributed by atoms with Crippen molar-refractivity contribution in [3.8, 4) is 11.5 Å². The van der Waals surface area contributed by atoms with Crippen molar-refractivity contribution in [3.63, 3.8) is 0 Å². The Bertz CT molecular complexity index is 1410. The highest BCUT2D eigenvalue weighted by Gasteiger charge is 2.36. The van der Waals surface area contributed by atoms with Gasteiger partial charge in [-0.1, -0.05) is 0 Å². The number of nitrogen functional groups attached to an aromatic ring is 1. The highest BCUT2D eigenvalue weighted by atomic mass is 19.1. The van der Waals surface area contributed by atoms with Gasteiger partial charge >= 0.3 is 11.9 Å². The van der Waals surface area contributed by atoms with Crippen molar-refractivity contribution in [1.29, 1.82) is 5.41 Å². The molecule has 210 valence electrons. The SMILES string of the molecule is CCOC(=O)C(=O)N(Cc1cc(F)cc(F)c1)c1ccc2c(c1)OC(C)(COc1ccc(C(=N)N)cc1)CN2C. The fraction of sp³-hybridized carbons (Fsp3) is 0.276. The molecule has 0 bridgehead atoms. The summed E-state index contributed by atoms with van der Waals surface area (Å²) in [6.07, 6.45) is 0. The Morgan fingerprint density at radius 3 is 2.40 bits per heavy atom. The zero-order valence-electron chi connectivity index (χ0n) is 22.4. The first-order chi connectivity index (χ1) is 19.0. The first-order valence-corrected chi connectivity index (χ1v) is 12.5. The number of amides is 1. The van der Waals surface area contributed by atoms with Crippen LogP contribution in [0.3, 0.4) is 0 Å². The third kappa shape index (κ3) is 6.48. The Labute approximate surface area is 230 Å². The van der Waals surface area contributed by atoms with E-state index in [0.717, 1.165) is 28.8 Å². The molecule has 1 aliphatic heterocycles. The maximum Gasteiger partial charge on any atom is 0.397 e. The average Bonchev–Trinajstić information content (AvgIpc) is 2.89. The molecule has 9 nitrogen and oxygen atoms in total. The van der Waals surface area contributed by atoms with Crippen LogP contribution in [0.2, 0.25) is 0 Å². The number of halogens is 2. The predicted octanol–water partition coefficient (Wildman–Crippen LogP) is 4.01. The van der Waals surface area contributed by atoms with E-state index >= 15 is 0 Å². The molecule has 40 heavy (non-hydrogen) atoms. The standard InChI is InChI=1S/C29H30F2N4O5/c1-4-38-28(37)27(36)35(15-18-11-20(30)13-21(31)12-18)22-7-10-24-25(14-22)40-29(2,16-34(24)3)17-39-23-8-5-19(6-9-23)26(32)33/h5-14H,4,15-17H2,1-3H3,(H3,32,33). The summed E-state index contributed by atoms with van der Waals surface area (Å²) in [6.45, 7) is 3.81. The van der Waals surface area contributed by atoms with Gasteiger partial charge in [0.1, 0.15) is 35.6 Å². The van der Waals surface area contributed by atoms with E-state index in [-0.39, 0.29) is 36.8 Å². The molecule has 3 N–H and O–H groups in total. The Hall–Kier alpha value is -4.67. The molecule has 1 unspecified atom stereocenters. The number of rotatable bonds is 8. The smallest absolute Gasteiger partial charge is 0.397 e. The molecule has 3 aromatic rings. The van der Waals surface area contributed by atoms with Crippen LogP contribution in [0.5, 0.6) is 11.5 Å². The number of fused-ring (bicyclic) bond motifs is 1. The fourth-order valence-electron chi connectivity index (χ4n) is 4.46. The van der Waals surface area contributed by atoms with E-state index in [2.05, 4.69) is 0 Å². The average molecular weight is 553 g/mol. The number of nitrogens with zero attached hydrogens (tertiary/aromatic N) is 2. The summed E-state index contributed by atoms with van der Waals surface area (Å²) in [6, 6.07) is 14.7. The van der Waals surface area contributed by atoms with Gasteiger partial charge in [0.2, 0.25) is 0 Å². The van der Waals surface area contributed by atoms with Crippen molar-refractivity contribution < 1.29 is 32.6 Å². The van der Waals surface area contributed by atoms with Crippen LogP contribution >= 0.6 is 0 Å². The topological polar surface area (TPSA) is 118 Å². The van der Waals surface area contributed by atoms with E-state index in [1.54, 1.807) is 49.4 Å². The number of esters is 1. The second kappa shape index (κ2) is 11.6. The second-order valence-corrected chi connectivity index (χ2v) is 9.68. The molecule has 0 saturated carbocycles. The molecule has 0 fully saturated rings. The Kier molecular flexibility index (Phi) is 8.22. The zero-order valence-corrected chi connectivity index (χ0v) is 22.4. The van der Waals surface area contributed by atoms with Gasteiger partial charge in [0.15, 0.2) is 5.60 Å². The van der Waals surface area contributed by atoms with E-state index in [1.807, 2.05) is 18.9 Å². The van der Waals surface area contributed by atoms with Gasteiger partial charge in [-0.25, -0.2) is 13.6 Å². The molecule has 0 aliphatic carbocycles. The quantitative estimate of drug-likeness (QED) is 0.188. The molecular weight excluding hydrogens is 522 g/mol. The summed E-state index contributed by atoms with van der Waals surface area (Å²) in [7, 11) is 1.89. The van der Waals surface area contributed by atoms with Crippen molar-refractivity contribution in [2.24, 2.45) is 5.73 Å². The van der Waals surface area contributed by atoms with Gasteiger partial charge < -0.3 is 24.8 Å². The number of carbonyl (C=O) groups is 2.